The molecule has 0 radical (unpaired) electrons. The van der Waals surface area contributed by atoms with Crippen molar-refractivity contribution in [3.8, 4) is 5.75 Å². The van der Waals surface area contributed by atoms with Crippen LogP contribution in [0.2, 0.25) is 5.02 Å². The second-order valence-electron chi connectivity index (χ2n) is 4.57. The van der Waals surface area contributed by atoms with Gasteiger partial charge in [0.2, 0.25) is 0 Å². The van der Waals surface area contributed by atoms with E-state index in [0.717, 1.165) is 12.0 Å². The molecule has 1 N–H and O–H groups in total. The standard InChI is InChI=1S/C14H21ClO2/c1-4-5-10(2)9-17-14-7-6-12(11(3)16)8-13(14)15/h6-8,10-11,16H,4-5,9H2,1-3H3. The lowest BCUT2D eigenvalue weighted by Gasteiger charge is -2.14. The van der Waals surface area contributed by atoms with Crippen molar-refractivity contribution in [1.29, 1.82) is 0 Å². The molecule has 0 aliphatic heterocycles. The van der Waals surface area contributed by atoms with Gasteiger partial charge < -0.3 is 9.84 Å². The van der Waals surface area contributed by atoms with Crippen molar-refractivity contribution in [2.45, 2.75) is 39.7 Å². The van der Waals surface area contributed by atoms with Crippen LogP contribution in [0.5, 0.6) is 5.75 Å². The van der Waals surface area contributed by atoms with Gasteiger partial charge in [0.15, 0.2) is 0 Å². The summed E-state index contributed by atoms with van der Waals surface area (Å²) in [6.07, 6.45) is 1.82. The van der Waals surface area contributed by atoms with Crippen molar-refractivity contribution in [3.63, 3.8) is 0 Å². The lowest BCUT2D eigenvalue weighted by Crippen LogP contribution is -2.08. The predicted octanol–water partition coefficient (Wildman–Crippen LogP) is 4.21. The first kappa shape index (κ1) is 14.3. The van der Waals surface area contributed by atoms with E-state index in [9.17, 15) is 5.11 Å². The summed E-state index contributed by atoms with van der Waals surface area (Å²) in [7, 11) is 0. The van der Waals surface area contributed by atoms with E-state index < -0.39 is 6.10 Å². The van der Waals surface area contributed by atoms with Crippen molar-refractivity contribution >= 4 is 11.6 Å². The van der Waals surface area contributed by atoms with Crippen LogP contribution in [0.1, 0.15) is 45.3 Å². The number of ether oxygens (including phenoxy) is 1. The smallest absolute Gasteiger partial charge is 0.137 e. The van der Waals surface area contributed by atoms with Gasteiger partial charge in [-0.25, -0.2) is 0 Å². The van der Waals surface area contributed by atoms with Gasteiger partial charge in [0.25, 0.3) is 0 Å². The molecule has 96 valence electrons. The summed E-state index contributed by atoms with van der Waals surface area (Å²) in [5, 5.41) is 9.99. The molecule has 0 amide bonds. The van der Waals surface area contributed by atoms with Crippen molar-refractivity contribution in [2.24, 2.45) is 5.92 Å². The molecule has 0 spiro atoms. The highest BCUT2D eigenvalue weighted by atomic mass is 35.5. The maximum absolute atomic E-state index is 9.43. The molecule has 0 aliphatic carbocycles. The van der Waals surface area contributed by atoms with Gasteiger partial charge in [-0.1, -0.05) is 37.9 Å². The largest absolute Gasteiger partial charge is 0.492 e. The molecular formula is C14H21ClO2. The number of hydrogen-bond donors (Lipinski definition) is 1. The van der Waals surface area contributed by atoms with Crippen LogP contribution in [0.25, 0.3) is 0 Å². The molecule has 0 fully saturated rings. The highest BCUT2D eigenvalue weighted by molar-refractivity contribution is 6.32. The summed E-state index contributed by atoms with van der Waals surface area (Å²) in [5.41, 5.74) is 0.809. The molecule has 2 atom stereocenters. The summed E-state index contributed by atoms with van der Waals surface area (Å²) in [6.45, 7) is 6.74. The lowest BCUT2D eigenvalue weighted by atomic mass is 10.1. The van der Waals surface area contributed by atoms with E-state index in [0.29, 0.717) is 23.3 Å². The third-order valence-electron chi connectivity index (χ3n) is 2.74. The molecule has 0 aliphatic rings. The van der Waals surface area contributed by atoms with Crippen LogP contribution in [0.4, 0.5) is 0 Å². The molecule has 17 heavy (non-hydrogen) atoms. The highest BCUT2D eigenvalue weighted by Crippen LogP contribution is 2.28. The van der Waals surface area contributed by atoms with Gasteiger partial charge in [0.1, 0.15) is 5.75 Å². The number of aliphatic hydroxyl groups is 1. The third-order valence-corrected chi connectivity index (χ3v) is 3.04. The van der Waals surface area contributed by atoms with Crippen LogP contribution >= 0.6 is 11.6 Å². The Bertz CT molecular complexity index is 350. The lowest BCUT2D eigenvalue weighted by molar-refractivity contribution is 0.199. The molecule has 1 aromatic carbocycles. The number of hydrogen-bond acceptors (Lipinski definition) is 2. The Morgan fingerprint density at radius 3 is 2.59 bits per heavy atom. The number of benzene rings is 1. The minimum atomic E-state index is -0.499. The van der Waals surface area contributed by atoms with Crippen LogP contribution in [-0.4, -0.2) is 11.7 Å². The highest BCUT2D eigenvalue weighted by Gasteiger charge is 2.08. The molecule has 2 unspecified atom stereocenters. The fraction of sp³-hybridized carbons (Fsp3) is 0.571. The van der Waals surface area contributed by atoms with E-state index in [-0.39, 0.29) is 0 Å². The third kappa shape index (κ3) is 4.57. The minimum Gasteiger partial charge on any atom is -0.492 e. The zero-order valence-electron chi connectivity index (χ0n) is 10.7. The zero-order chi connectivity index (χ0) is 12.8. The van der Waals surface area contributed by atoms with Gasteiger partial charge in [0, 0.05) is 0 Å². The van der Waals surface area contributed by atoms with Gasteiger partial charge >= 0.3 is 0 Å². The fourth-order valence-corrected chi connectivity index (χ4v) is 1.95. The molecule has 1 aromatic rings. The quantitative estimate of drug-likeness (QED) is 0.826. The van der Waals surface area contributed by atoms with Crippen molar-refractivity contribution in [1.82, 2.24) is 0 Å². The van der Waals surface area contributed by atoms with Gasteiger partial charge in [-0.15, -0.1) is 0 Å². The summed E-state index contributed by atoms with van der Waals surface area (Å²) in [6, 6.07) is 5.42. The van der Waals surface area contributed by atoms with E-state index >= 15 is 0 Å². The Morgan fingerprint density at radius 2 is 2.06 bits per heavy atom. The summed E-state index contributed by atoms with van der Waals surface area (Å²) in [5.74, 6) is 1.23. The predicted molar refractivity (Wildman–Crippen MR) is 71.7 cm³/mol. The monoisotopic (exact) mass is 256 g/mol. The van der Waals surface area contributed by atoms with Crippen molar-refractivity contribution < 1.29 is 9.84 Å². The fourth-order valence-electron chi connectivity index (χ4n) is 1.70. The number of aliphatic hydroxyl groups excluding tert-OH is 1. The molecule has 0 saturated heterocycles. The Labute approximate surface area is 109 Å². The van der Waals surface area contributed by atoms with Crippen molar-refractivity contribution in [2.75, 3.05) is 6.61 Å². The Kier molecular flexibility index (Phi) is 5.79. The molecule has 0 bridgehead atoms. The molecule has 0 heterocycles. The van der Waals surface area contributed by atoms with Gasteiger partial charge in [-0.3, -0.25) is 0 Å². The Hall–Kier alpha value is -0.730. The Morgan fingerprint density at radius 1 is 1.35 bits per heavy atom. The Balaban J connectivity index is 2.60. The molecular weight excluding hydrogens is 236 g/mol. The van der Waals surface area contributed by atoms with Crippen LogP contribution in [-0.2, 0) is 0 Å². The summed E-state index contributed by atoms with van der Waals surface area (Å²) < 4.78 is 5.67. The van der Waals surface area contributed by atoms with Crippen LogP contribution in [0.3, 0.4) is 0 Å². The maximum Gasteiger partial charge on any atom is 0.137 e. The number of rotatable bonds is 6. The molecule has 2 nitrogen and oxygen atoms in total. The first-order chi connectivity index (χ1) is 8.04. The van der Waals surface area contributed by atoms with Gasteiger partial charge in [0.05, 0.1) is 17.7 Å². The summed E-state index contributed by atoms with van der Waals surface area (Å²) >= 11 is 6.10. The average Bonchev–Trinajstić information content (AvgIpc) is 2.27. The van der Waals surface area contributed by atoms with Gasteiger partial charge in [-0.05, 0) is 37.0 Å². The SMILES string of the molecule is CCCC(C)COc1ccc(C(C)O)cc1Cl. The summed E-state index contributed by atoms with van der Waals surface area (Å²) in [4.78, 5) is 0. The second-order valence-corrected chi connectivity index (χ2v) is 4.98. The zero-order valence-corrected chi connectivity index (χ0v) is 11.5. The molecule has 1 rings (SSSR count). The number of halogens is 1. The maximum atomic E-state index is 9.43. The second kappa shape index (κ2) is 6.87. The van der Waals surface area contributed by atoms with E-state index in [1.807, 2.05) is 12.1 Å². The van der Waals surface area contributed by atoms with E-state index in [4.69, 9.17) is 16.3 Å². The first-order valence-electron chi connectivity index (χ1n) is 6.14. The van der Waals surface area contributed by atoms with E-state index in [1.165, 1.54) is 6.42 Å². The topological polar surface area (TPSA) is 29.5 Å². The molecule has 3 heteroatoms. The average molecular weight is 257 g/mol. The normalized spacial score (nSPS) is 14.4. The van der Waals surface area contributed by atoms with Crippen LogP contribution in [0, 0.1) is 5.92 Å². The van der Waals surface area contributed by atoms with Crippen LogP contribution < -0.4 is 4.74 Å². The van der Waals surface area contributed by atoms with E-state index in [2.05, 4.69) is 13.8 Å². The van der Waals surface area contributed by atoms with E-state index in [1.54, 1.807) is 13.0 Å². The van der Waals surface area contributed by atoms with Crippen LogP contribution in [0.15, 0.2) is 18.2 Å². The molecule has 0 saturated carbocycles. The van der Waals surface area contributed by atoms with Crippen molar-refractivity contribution in [3.05, 3.63) is 28.8 Å². The van der Waals surface area contributed by atoms with Gasteiger partial charge in [-0.2, -0.15) is 0 Å². The minimum absolute atomic E-state index is 0.499. The molecule has 0 aromatic heterocycles. The first-order valence-corrected chi connectivity index (χ1v) is 6.52.